The fourth-order valence-electron chi connectivity index (χ4n) is 6.55. The quantitative estimate of drug-likeness (QED) is 0.0288. The van der Waals surface area contributed by atoms with Gasteiger partial charge in [-0.1, -0.05) is 24.3 Å². The summed E-state index contributed by atoms with van der Waals surface area (Å²) in [5.41, 5.74) is 13.4. The van der Waals surface area contributed by atoms with Crippen molar-refractivity contribution < 1.29 is 38.5 Å². The summed E-state index contributed by atoms with van der Waals surface area (Å²) in [6.07, 6.45) is 0.739. The Balaban J connectivity index is 1.22. The summed E-state index contributed by atoms with van der Waals surface area (Å²) in [6.45, 7) is -0.112. The number of carboxylic acids is 2. The number of ether oxygens (including phenoxy) is 2. The number of hydrogen-bond donors (Lipinski definition) is 6. The Kier molecular flexibility index (Phi) is 13.2. The molecule has 0 spiro atoms. The summed E-state index contributed by atoms with van der Waals surface area (Å²) < 4.78 is 20.9. The van der Waals surface area contributed by atoms with Crippen molar-refractivity contribution in [2.45, 2.75) is 12.8 Å². The minimum Gasteiger partial charge on any atom is -0.488 e. The van der Waals surface area contributed by atoms with Crippen molar-refractivity contribution in [1.29, 1.82) is 0 Å². The highest BCUT2D eigenvalue weighted by Crippen LogP contribution is 2.43. The minimum atomic E-state index is -1.06. The van der Waals surface area contributed by atoms with Crippen LogP contribution in [0.2, 0.25) is 0 Å². The molecule has 0 saturated carbocycles. The fourth-order valence-corrected chi connectivity index (χ4v) is 6.55. The number of nitrogens with one attached hydrogen (secondary N) is 3. The van der Waals surface area contributed by atoms with Crippen LogP contribution in [0, 0.1) is 0 Å². The highest BCUT2D eigenvalue weighted by Gasteiger charge is 2.20. The molecule has 1 aliphatic heterocycles. The van der Waals surface area contributed by atoms with Gasteiger partial charge in [0.2, 0.25) is 11.3 Å². The Labute approximate surface area is 341 Å². The van der Waals surface area contributed by atoms with E-state index in [2.05, 4.69) is 16.0 Å². The second-order valence-corrected chi connectivity index (χ2v) is 14.4. The normalized spacial score (nSPS) is 10.9. The number of carboxylic acid groups (broad SMARTS) is 2. The number of rotatable bonds is 18. The van der Waals surface area contributed by atoms with Crippen molar-refractivity contribution in [1.82, 2.24) is 9.89 Å². The molecule has 14 heteroatoms. The second-order valence-electron chi connectivity index (χ2n) is 14.4. The Bertz CT molecular complexity index is 2510. The third kappa shape index (κ3) is 10.8. The third-order valence-electron chi connectivity index (χ3n) is 9.57. The SMILES string of the molecule is CN(C)c1ccc2c(-c3ccc(NCC(=O)O)c(OCCOc4ccc(CC(=O)NCCc5ccc(N)cc5)cc4NCC(=O)O)c3)c3ccc(=[N+](C)C)cc-3oc2c1. The zero-order chi connectivity index (χ0) is 42.1. The number of hydrogen-bond acceptors (Lipinski definition) is 10. The molecule has 0 radical (unpaired) electrons. The average molecular weight is 802 g/mol. The molecule has 0 saturated heterocycles. The van der Waals surface area contributed by atoms with E-state index >= 15 is 0 Å². The summed E-state index contributed by atoms with van der Waals surface area (Å²) in [4.78, 5) is 37.8. The van der Waals surface area contributed by atoms with Crippen LogP contribution in [-0.4, -0.2) is 89.1 Å². The van der Waals surface area contributed by atoms with E-state index in [-0.39, 0.29) is 38.6 Å². The van der Waals surface area contributed by atoms with Crippen molar-refractivity contribution >= 4 is 51.6 Å². The van der Waals surface area contributed by atoms with Gasteiger partial charge in [0, 0.05) is 60.7 Å². The van der Waals surface area contributed by atoms with Gasteiger partial charge in [0.25, 0.3) is 0 Å². The Hall–Kier alpha value is -7.22. The van der Waals surface area contributed by atoms with Gasteiger partial charge in [0.05, 0.1) is 23.9 Å². The molecule has 14 nitrogen and oxygen atoms in total. The standard InChI is InChI=1S/C45H48N6O8/c1-50(2)32-11-13-34-39(24-32)59-40-25-33(51(3)4)12-14-35(40)45(34)30-8-15-36(48-26-43(53)54)41(23-30)58-20-19-57-38-16-7-29(21-37(38)49-27-44(55)56)22-42(52)47-18-17-28-5-9-31(46)10-6-28/h5-16,21,23-25,49H,17-20,22,26-27,46H2,1-4H3,(H3,47,52,53,54,55,56)/p+1. The van der Waals surface area contributed by atoms with E-state index in [1.165, 1.54) is 0 Å². The molecule has 7 N–H and O–H groups in total. The van der Waals surface area contributed by atoms with Gasteiger partial charge < -0.3 is 50.7 Å². The molecule has 59 heavy (non-hydrogen) atoms. The van der Waals surface area contributed by atoms with Gasteiger partial charge >= 0.3 is 11.9 Å². The van der Waals surface area contributed by atoms with Crippen molar-refractivity contribution in [2.24, 2.45) is 0 Å². The zero-order valence-corrected chi connectivity index (χ0v) is 33.5. The van der Waals surface area contributed by atoms with Gasteiger partial charge in [0.1, 0.15) is 63.2 Å². The van der Waals surface area contributed by atoms with E-state index < -0.39 is 11.9 Å². The maximum atomic E-state index is 12.8. The van der Waals surface area contributed by atoms with E-state index in [9.17, 15) is 24.6 Å². The van der Waals surface area contributed by atoms with Crippen molar-refractivity contribution in [3.8, 4) is 33.9 Å². The summed E-state index contributed by atoms with van der Waals surface area (Å²) in [5.74, 6) is -0.781. The highest BCUT2D eigenvalue weighted by molar-refractivity contribution is 6.03. The first-order valence-electron chi connectivity index (χ1n) is 19.1. The molecule has 4 aromatic carbocycles. The van der Waals surface area contributed by atoms with Crippen molar-refractivity contribution in [3.63, 3.8) is 0 Å². The van der Waals surface area contributed by atoms with Crippen LogP contribution in [0.3, 0.4) is 0 Å². The molecule has 6 rings (SSSR count). The fraction of sp³-hybridized carbons (Fsp3) is 0.244. The molecule has 0 aromatic heterocycles. The minimum absolute atomic E-state index is 0.0613. The maximum Gasteiger partial charge on any atom is 0.322 e. The van der Waals surface area contributed by atoms with Gasteiger partial charge in [-0.3, -0.25) is 14.4 Å². The number of amides is 1. The van der Waals surface area contributed by atoms with Crippen molar-refractivity contribution in [3.05, 3.63) is 114 Å². The van der Waals surface area contributed by atoms with Gasteiger partial charge in [0.15, 0.2) is 0 Å². The van der Waals surface area contributed by atoms with Crippen LogP contribution >= 0.6 is 0 Å². The van der Waals surface area contributed by atoms with Gasteiger partial charge in [-0.2, -0.15) is 0 Å². The largest absolute Gasteiger partial charge is 0.488 e. The van der Waals surface area contributed by atoms with Crippen LogP contribution in [0.1, 0.15) is 11.1 Å². The van der Waals surface area contributed by atoms with Crippen LogP contribution < -0.4 is 46.0 Å². The van der Waals surface area contributed by atoms with Gasteiger partial charge in [-0.15, -0.1) is 0 Å². The number of carbonyl (C=O) groups excluding carboxylic acids is 1. The maximum absolute atomic E-state index is 12.8. The predicted molar refractivity (Wildman–Crippen MR) is 231 cm³/mol. The lowest BCUT2D eigenvalue weighted by molar-refractivity contribution is -0.135. The van der Waals surface area contributed by atoms with E-state index in [1.54, 1.807) is 24.3 Å². The van der Waals surface area contributed by atoms with Crippen LogP contribution in [0.25, 0.3) is 33.4 Å². The van der Waals surface area contributed by atoms with E-state index in [4.69, 9.17) is 19.6 Å². The van der Waals surface area contributed by atoms with Crippen LogP contribution in [0.15, 0.2) is 101 Å². The molecule has 0 atom stereocenters. The molecular formula is C45H49N6O8+. The van der Waals surface area contributed by atoms with Gasteiger partial charge in [-0.05, 0) is 77.7 Å². The molecule has 2 aliphatic rings. The molecule has 0 bridgehead atoms. The first-order valence-corrected chi connectivity index (χ1v) is 19.1. The topological polar surface area (TPSA) is 192 Å². The Morgan fingerprint density at radius 2 is 1.46 bits per heavy atom. The lowest BCUT2D eigenvalue weighted by Crippen LogP contribution is -2.27. The molecule has 1 aliphatic carbocycles. The number of anilines is 4. The Morgan fingerprint density at radius 1 is 0.763 bits per heavy atom. The summed E-state index contributed by atoms with van der Waals surface area (Å²) in [7, 11) is 7.89. The van der Waals surface area contributed by atoms with Gasteiger partial charge in [-0.25, -0.2) is 4.58 Å². The molecule has 0 unspecified atom stereocenters. The number of carbonyl (C=O) groups is 3. The van der Waals surface area contributed by atoms with Crippen LogP contribution in [0.5, 0.6) is 11.5 Å². The number of benzene rings is 5. The summed E-state index contributed by atoms with van der Waals surface area (Å²) >= 11 is 0. The number of nitrogens with zero attached hydrogens (tertiary/aromatic N) is 2. The van der Waals surface area contributed by atoms with Crippen LogP contribution in [-0.2, 0) is 27.2 Å². The zero-order valence-electron chi connectivity index (χ0n) is 33.5. The van der Waals surface area contributed by atoms with Crippen molar-refractivity contribution in [2.75, 3.05) is 82.3 Å². The lowest BCUT2D eigenvalue weighted by atomic mass is 9.93. The molecule has 306 valence electrons. The first kappa shape index (κ1) is 41.4. The molecule has 0 fully saturated rings. The summed E-state index contributed by atoms with van der Waals surface area (Å²) in [6, 6.07) is 30.3. The predicted octanol–water partition coefficient (Wildman–Crippen LogP) is 5.24. The second kappa shape index (κ2) is 18.8. The molecular weight excluding hydrogens is 753 g/mol. The number of aliphatic carboxylic acids is 2. The first-order chi connectivity index (χ1) is 28.3. The number of nitrogens with two attached hydrogens (primary N) is 1. The number of fused-ring (bicyclic) bond motifs is 2. The molecule has 1 heterocycles. The lowest BCUT2D eigenvalue weighted by Gasteiger charge is -2.19. The average Bonchev–Trinajstić information content (AvgIpc) is 3.20. The molecule has 4 aromatic rings. The van der Waals surface area contributed by atoms with E-state index in [0.29, 0.717) is 58.4 Å². The smallest absolute Gasteiger partial charge is 0.322 e. The number of nitrogen functional groups attached to an aromatic ring is 1. The van der Waals surface area contributed by atoms with Crippen LogP contribution in [0.4, 0.5) is 22.7 Å². The van der Waals surface area contributed by atoms with E-state index in [0.717, 1.165) is 38.7 Å². The Morgan fingerprint density at radius 3 is 2.15 bits per heavy atom. The monoisotopic (exact) mass is 801 g/mol. The molecule has 1 amide bonds. The third-order valence-corrected chi connectivity index (χ3v) is 9.57. The highest BCUT2D eigenvalue weighted by atomic mass is 16.5. The van der Waals surface area contributed by atoms with E-state index in [1.807, 2.05) is 110 Å². The summed E-state index contributed by atoms with van der Waals surface area (Å²) in [5, 5.41) is 29.4.